The van der Waals surface area contributed by atoms with Crippen LogP contribution in [-0.4, -0.2) is 47.4 Å². The normalized spacial score (nSPS) is 23.6. The van der Waals surface area contributed by atoms with Crippen molar-refractivity contribution < 1.29 is 23.9 Å². The molecule has 1 heterocycles. The Labute approximate surface area is 182 Å². The molecule has 4 amide bonds. The van der Waals surface area contributed by atoms with Crippen molar-refractivity contribution in [2.24, 2.45) is 11.3 Å². The van der Waals surface area contributed by atoms with Gasteiger partial charge >= 0.3 is 12.0 Å². The first-order valence-electron chi connectivity index (χ1n) is 10.7. The second kappa shape index (κ2) is 8.69. The Kier molecular flexibility index (Phi) is 6.38. The minimum absolute atomic E-state index is 0.149. The molecule has 1 saturated carbocycles. The lowest BCUT2D eigenvalue weighted by atomic mass is 9.67. The highest BCUT2D eigenvalue weighted by Crippen LogP contribution is 2.43. The maximum absolute atomic E-state index is 13.0. The minimum Gasteiger partial charge on any atom is -0.454 e. The number of amides is 4. The summed E-state index contributed by atoms with van der Waals surface area (Å²) < 4.78 is 4.98. The van der Waals surface area contributed by atoms with Gasteiger partial charge in [-0.3, -0.25) is 19.3 Å². The van der Waals surface area contributed by atoms with Crippen molar-refractivity contribution in [2.45, 2.75) is 58.9 Å². The number of benzene rings is 1. The van der Waals surface area contributed by atoms with Gasteiger partial charge in [0.15, 0.2) is 6.61 Å². The highest BCUT2D eigenvalue weighted by atomic mass is 16.5. The largest absolute Gasteiger partial charge is 0.454 e. The molecule has 0 radical (unpaired) electrons. The van der Waals surface area contributed by atoms with Crippen LogP contribution in [0.1, 0.15) is 52.0 Å². The van der Waals surface area contributed by atoms with Crippen molar-refractivity contribution in [2.75, 3.05) is 18.5 Å². The number of imide groups is 1. The quantitative estimate of drug-likeness (QED) is 0.553. The van der Waals surface area contributed by atoms with Crippen LogP contribution < -0.4 is 10.6 Å². The number of aryl methyl sites for hydroxylation is 1. The molecule has 8 nitrogen and oxygen atoms in total. The molecular weight excluding hydrogens is 398 g/mol. The summed E-state index contributed by atoms with van der Waals surface area (Å²) >= 11 is 0. The van der Waals surface area contributed by atoms with Crippen molar-refractivity contribution in [1.82, 2.24) is 10.2 Å². The number of nitrogens with one attached hydrogen (secondary N) is 2. The molecule has 2 fully saturated rings. The van der Waals surface area contributed by atoms with E-state index < -0.39 is 36.6 Å². The molecule has 1 aliphatic heterocycles. The smallest absolute Gasteiger partial charge is 0.326 e. The van der Waals surface area contributed by atoms with Gasteiger partial charge in [-0.25, -0.2) is 4.79 Å². The van der Waals surface area contributed by atoms with Gasteiger partial charge < -0.3 is 15.4 Å². The summed E-state index contributed by atoms with van der Waals surface area (Å²) in [5, 5.41) is 5.44. The number of urea groups is 1. The van der Waals surface area contributed by atoms with E-state index in [4.69, 9.17) is 4.74 Å². The van der Waals surface area contributed by atoms with E-state index in [2.05, 4.69) is 31.4 Å². The molecule has 0 atom stereocenters. The fourth-order valence-electron chi connectivity index (χ4n) is 4.38. The molecule has 3 rings (SSSR count). The van der Waals surface area contributed by atoms with Gasteiger partial charge in [0.05, 0.1) is 0 Å². The number of hydrogen-bond acceptors (Lipinski definition) is 5. The molecule has 1 aliphatic carbocycles. The zero-order chi connectivity index (χ0) is 22.8. The maximum atomic E-state index is 13.0. The van der Waals surface area contributed by atoms with Crippen molar-refractivity contribution in [1.29, 1.82) is 0 Å². The van der Waals surface area contributed by atoms with Gasteiger partial charge in [0.25, 0.3) is 11.8 Å². The molecule has 0 aromatic heterocycles. The van der Waals surface area contributed by atoms with Crippen molar-refractivity contribution in [3.8, 4) is 0 Å². The number of carbonyl (C=O) groups excluding carboxylic acids is 4. The van der Waals surface area contributed by atoms with E-state index in [-0.39, 0.29) is 11.3 Å². The summed E-state index contributed by atoms with van der Waals surface area (Å²) in [5.74, 6) is -1.20. The number of ether oxygens (including phenoxy) is 1. The van der Waals surface area contributed by atoms with E-state index in [0.29, 0.717) is 24.4 Å². The Morgan fingerprint density at radius 2 is 1.90 bits per heavy atom. The summed E-state index contributed by atoms with van der Waals surface area (Å²) in [6.45, 7) is 7.45. The molecule has 0 bridgehead atoms. The topological polar surface area (TPSA) is 105 Å². The minimum atomic E-state index is -0.929. The van der Waals surface area contributed by atoms with Crippen LogP contribution in [0.3, 0.4) is 0 Å². The summed E-state index contributed by atoms with van der Waals surface area (Å²) in [7, 11) is 0. The van der Waals surface area contributed by atoms with E-state index in [0.717, 1.165) is 23.3 Å². The van der Waals surface area contributed by atoms with E-state index in [1.807, 2.05) is 13.0 Å². The Balaban J connectivity index is 1.50. The molecule has 1 aromatic carbocycles. The average molecular weight is 430 g/mol. The van der Waals surface area contributed by atoms with Crippen molar-refractivity contribution in [3.63, 3.8) is 0 Å². The number of anilines is 1. The molecule has 1 spiro atoms. The third-order valence-electron chi connectivity index (χ3n) is 6.26. The summed E-state index contributed by atoms with van der Waals surface area (Å²) in [6.07, 6.45) is 2.80. The van der Waals surface area contributed by atoms with Gasteiger partial charge in [0, 0.05) is 5.69 Å². The first kappa shape index (κ1) is 22.8. The molecule has 168 valence electrons. The molecule has 31 heavy (non-hydrogen) atoms. The molecule has 2 aliphatic rings. The highest BCUT2D eigenvalue weighted by molar-refractivity contribution is 6.08. The molecular formula is C23H31N3O5. The third-order valence-corrected chi connectivity index (χ3v) is 6.26. The predicted molar refractivity (Wildman–Crippen MR) is 115 cm³/mol. The van der Waals surface area contributed by atoms with Crippen LogP contribution in [-0.2, 0) is 19.1 Å². The van der Waals surface area contributed by atoms with Crippen LogP contribution >= 0.6 is 0 Å². The standard InChI is InChI=1S/C23H31N3O5/c1-15-6-5-7-17(12-15)24-18(27)14-31-19(28)13-26-20(29)23(25-21(26)30)10-8-16(9-11-23)22(2,3)4/h5-7,12,16H,8-11,13-14H2,1-4H3,(H,24,27)(H,25,30). The predicted octanol–water partition coefficient (Wildman–Crippen LogP) is 3.00. The van der Waals surface area contributed by atoms with Crippen LogP contribution in [0.25, 0.3) is 0 Å². The SMILES string of the molecule is Cc1cccc(NC(=O)COC(=O)CN2C(=O)NC3(CCC(C(C)(C)C)CC3)C2=O)c1. The fourth-order valence-corrected chi connectivity index (χ4v) is 4.38. The Morgan fingerprint density at radius 1 is 1.23 bits per heavy atom. The first-order valence-corrected chi connectivity index (χ1v) is 10.7. The Bertz CT molecular complexity index is 881. The summed E-state index contributed by atoms with van der Waals surface area (Å²) in [4.78, 5) is 50.4. The van der Waals surface area contributed by atoms with Gasteiger partial charge in [-0.2, -0.15) is 0 Å². The molecule has 1 saturated heterocycles. The second-order valence-corrected chi connectivity index (χ2v) is 9.62. The van der Waals surface area contributed by atoms with Crippen LogP contribution in [0.15, 0.2) is 24.3 Å². The van der Waals surface area contributed by atoms with Crippen LogP contribution in [0.4, 0.5) is 10.5 Å². The van der Waals surface area contributed by atoms with E-state index >= 15 is 0 Å². The molecule has 2 N–H and O–H groups in total. The van der Waals surface area contributed by atoms with Crippen LogP contribution in [0.5, 0.6) is 0 Å². The molecule has 0 unspecified atom stereocenters. The number of esters is 1. The maximum Gasteiger partial charge on any atom is 0.326 e. The lowest BCUT2D eigenvalue weighted by Gasteiger charge is -2.40. The zero-order valence-electron chi connectivity index (χ0n) is 18.6. The average Bonchev–Trinajstić information content (AvgIpc) is 2.90. The first-order chi connectivity index (χ1) is 14.5. The van der Waals surface area contributed by atoms with Crippen molar-refractivity contribution >= 4 is 29.5 Å². The van der Waals surface area contributed by atoms with Gasteiger partial charge in [-0.1, -0.05) is 32.9 Å². The second-order valence-electron chi connectivity index (χ2n) is 9.62. The molecule has 8 heteroatoms. The highest BCUT2D eigenvalue weighted by Gasteiger charge is 2.53. The number of rotatable bonds is 5. The number of carbonyl (C=O) groups is 4. The van der Waals surface area contributed by atoms with Crippen LogP contribution in [0.2, 0.25) is 0 Å². The number of hydrogen-bond donors (Lipinski definition) is 2. The van der Waals surface area contributed by atoms with Gasteiger partial charge in [0.2, 0.25) is 0 Å². The monoisotopic (exact) mass is 429 g/mol. The number of nitrogens with zero attached hydrogens (tertiary/aromatic N) is 1. The van der Waals surface area contributed by atoms with Gasteiger partial charge in [0.1, 0.15) is 12.1 Å². The third kappa shape index (κ3) is 5.24. The van der Waals surface area contributed by atoms with E-state index in [1.165, 1.54) is 0 Å². The summed E-state index contributed by atoms with van der Waals surface area (Å²) in [6, 6.07) is 6.64. The molecule has 1 aromatic rings. The Morgan fingerprint density at radius 3 is 2.52 bits per heavy atom. The van der Waals surface area contributed by atoms with Gasteiger partial charge in [-0.15, -0.1) is 0 Å². The fraction of sp³-hybridized carbons (Fsp3) is 0.565. The van der Waals surface area contributed by atoms with E-state index in [1.54, 1.807) is 18.2 Å². The van der Waals surface area contributed by atoms with Gasteiger partial charge in [-0.05, 0) is 61.6 Å². The van der Waals surface area contributed by atoms with Crippen molar-refractivity contribution in [3.05, 3.63) is 29.8 Å². The Hall–Kier alpha value is -2.90. The summed E-state index contributed by atoms with van der Waals surface area (Å²) in [5.41, 5.74) is 0.805. The lowest BCUT2D eigenvalue weighted by Crippen LogP contribution is -2.50. The van der Waals surface area contributed by atoms with E-state index in [9.17, 15) is 19.2 Å². The van der Waals surface area contributed by atoms with Crippen LogP contribution in [0, 0.1) is 18.3 Å². The lowest BCUT2D eigenvalue weighted by molar-refractivity contribution is -0.150. The zero-order valence-corrected chi connectivity index (χ0v) is 18.6.